The number of ether oxygens (including phenoxy) is 2. The molecule has 0 saturated carbocycles. The molecule has 4 aromatic rings. The molecule has 1 aliphatic rings. The number of methoxy groups -OCH3 is 2. The highest BCUT2D eigenvalue weighted by Crippen LogP contribution is 2.37. The van der Waals surface area contributed by atoms with Crippen LogP contribution in [-0.4, -0.2) is 68.0 Å². The first-order valence-corrected chi connectivity index (χ1v) is 13.3. The third kappa shape index (κ3) is 5.66. The van der Waals surface area contributed by atoms with Gasteiger partial charge in [-0.15, -0.1) is 0 Å². The standard InChI is InChI=1S/C30H33FN6O4/c1-20(28-33-25-8-6-5-7-24(25)29(38)37(28)35-17-15-34(2)16-18-35)36(26-14-13-23(40-3)19-27(26)41-4)30(39)32-22-11-9-21(31)10-12-22/h5-14,19-20H,15-18H2,1-4H3,(H,32,39)/t20-/m0/s1. The van der Waals surface area contributed by atoms with Crippen LogP contribution in [0.1, 0.15) is 18.8 Å². The topological polar surface area (TPSA) is 92.2 Å². The second kappa shape index (κ2) is 11.8. The minimum Gasteiger partial charge on any atom is -0.497 e. The van der Waals surface area contributed by atoms with E-state index in [-0.39, 0.29) is 5.56 Å². The van der Waals surface area contributed by atoms with Crippen molar-refractivity contribution < 1.29 is 18.7 Å². The zero-order valence-electron chi connectivity index (χ0n) is 23.5. The molecule has 1 aromatic heterocycles. The summed E-state index contributed by atoms with van der Waals surface area (Å²) in [6, 6.07) is 16.6. The summed E-state index contributed by atoms with van der Waals surface area (Å²) in [6.07, 6.45) is 0. The Morgan fingerprint density at radius 1 is 1.00 bits per heavy atom. The number of amides is 2. The maximum absolute atomic E-state index is 14.0. The van der Waals surface area contributed by atoms with Gasteiger partial charge in [0.2, 0.25) is 0 Å². The van der Waals surface area contributed by atoms with Crippen molar-refractivity contribution in [2.24, 2.45) is 0 Å². The molecule has 1 fully saturated rings. The van der Waals surface area contributed by atoms with Gasteiger partial charge in [0.25, 0.3) is 5.56 Å². The third-order valence-electron chi connectivity index (χ3n) is 7.26. The number of piperazine rings is 1. The molecule has 1 saturated heterocycles. The molecular formula is C30H33FN6O4. The van der Waals surface area contributed by atoms with E-state index in [0.717, 1.165) is 13.1 Å². The van der Waals surface area contributed by atoms with Gasteiger partial charge in [-0.2, -0.15) is 0 Å². The number of rotatable bonds is 7. The molecule has 41 heavy (non-hydrogen) atoms. The number of likely N-dealkylation sites (N-methyl/N-ethyl adjacent to an activating group) is 1. The van der Waals surface area contributed by atoms with Gasteiger partial charge in [0, 0.05) is 37.9 Å². The Balaban J connectivity index is 1.67. The molecule has 0 bridgehead atoms. The van der Waals surface area contributed by atoms with Crippen molar-refractivity contribution in [3.05, 3.63) is 88.7 Å². The molecule has 1 N–H and O–H groups in total. The van der Waals surface area contributed by atoms with E-state index in [1.54, 1.807) is 42.1 Å². The maximum Gasteiger partial charge on any atom is 0.327 e. The van der Waals surface area contributed by atoms with E-state index in [2.05, 4.69) is 10.2 Å². The number of aromatic nitrogens is 2. The van der Waals surface area contributed by atoms with Gasteiger partial charge in [0.1, 0.15) is 17.3 Å². The van der Waals surface area contributed by atoms with Gasteiger partial charge in [-0.1, -0.05) is 12.1 Å². The monoisotopic (exact) mass is 560 g/mol. The number of benzene rings is 3. The van der Waals surface area contributed by atoms with Crippen molar-refractivity contribution in [2.75, 3.05) is 62.7 Å². The first-order valence-electron chi connectivity index (χ1n) is 13.3. The molecule has 1 atom stereocenters. The van der Waals surface area contributed by atoms with Crippen molar-refractivity contribution in [3.63, 3.8) is 0 Å². The summed E-state index contributed by atoms with van der Waals surface area (Å²) in [6.45, 7) is 4.59. The number of hydrogen-bond donors (Lipinski definition) is 1. The highest BCUT2D eigenvalue weighted by atomic mass is 19.1. The molecule has 1 aliphatic heterocycles. The van der Waals surface area contributed by atoms with Crippen LogP contribution in [0.25, 0.3) is 10.9 Å². The van der Waals surface area contributed by atoms with E-state index in [1.807, 2.05) is 31.1 Å². The molecular weight excluding hydrogens is 527 g/mol. The first kappa shape index (κ1) is 27.9. The predicted molar refractivity (Wildman–Crippen MR) is 157 cm³/mol. The second-order valence-corrected chi connectivity index (χ2v) is 9.88. The Kier molecular flexibility index (Phi) is 8.06. The van der Waals surface area contributed by atoms with Gasteiger partial charge in [0.15, 0.2) is 5.82 Å². The SMILES string of the molecule is COc1ccc(N(C(=O)Nc2ccc(F)cc2)[C@@H](C)c2nc3ccccc3c(=O)n2N2CCN(C)CC2)c(OC)c1. The lowest BCUT2D eigenvalue weighted by molar-refractivity contribution is 0.253. The van der Waals surface area contributed by atoms with Crippen molar-refractivity contribution in [1.29, 1.82) is 0 Å². The van der Waals surface area contributed by atoms with Gasteiger partial charge < -0.3 is 24.7 Å². The highest BCUT2D eigenvalue weighted by Gasteiger charge is 2.32. The number of urea groups is 1. The average Bonchev–Trinajstić information content (AvgIpc) is 2.99. The molecule has 2 heterocycles. The van der Waals surface area contributed by atoms with E-state index in [4.69, 9.17) is 14.5 Å². The van der Waals surface area contributed by atoms with Gasteiger partial charge in [0.05, 0.1) is 36.9 Å². The van der Waals surface area contributed by atoms with Crippen molar-refractivity contribution >= 4 is 28.3 Å². The molecule has 3 aromatic carbocycles. The number of nitrogens with zero attached hydrogens (tertiary/aromatic N) is 5. The number of para-hydroxylation sites is 1. The molecule has 0 unspecified atom stereocenters. The Morgan fingerprint density at radius 2 is 1.71 bits per heavy atom. The summed E-state index contributed by atoms with van der Waals surface area (Å²) in [5.74, 6) is 0.919. The maximum atomic E-state index is 14.0. The number of carbonyl (C=O) groups excluding carboxylic acids is 1. The van der Waals surface area contributed by atoms with Crippen LogP contribution in [0.15, 0.2) is 71.5 Å². The van der Waals surface area contributed by atoms with Crippen molar-refractivity contribution in [2.45, 2.75) is 13.0 Å². The Hall–Kier alpha value is -4.64. The summed E-state index contributed by atoms with van der Waals surface area (Å²) in [5.41, 5.74) is 1.17. The molecule has 0 aliphatic carbocycles. The highest BCUT2D eigenvalue weighted by molar-refractivity contribution is 6.03. The van der Waals surface area contributed by atoms with E-state index >= 15 is 0 Å². The van der Waals surface area contributed by atoms with Crippen molar-refractivity contribution in [3.8, 4) is 11.5 Å². The molecule has 11 heteroatoms. The van der Waals surface area contributed by atoms with Gasteiger partial charge in [-0.25, -0.2) is 18.8 Å². The quantitative estimate of drug-likeness (QED) is 0.362. The Bertz CT molecular complexity index is 1600. The first-order chi connectivity index (χ1) is 19.8. The Morgan fingerprint density at radius 3 is 2.39 bits per heavy atom. The lowest BCUT2D eigenvalue weighted by Crippen LogP contribution is -2.55. The number of halogens is 1. The lowest BCUT2D eigenvalue weighted by Gasteiger charge is -2.38. The van der Waals surface area contributed by atoms with Crippen LogP contribution in [-0.2, 0) is 0 Å². The summed E-state index contributed by atoms with van der Waals surface area (Å²) in [4.78, 5) is 36.6. The van der Waals surface area contributed by atoms with Gasteiger partial charge >= 0.3 is 6.03 Å². The van der Waals surface area contributed by atoms with Crippen LogP contribution in [0.5, 0.6) is 11.5 Å². The minimum atomic E-state index is -0.741. The number of carbonyl (C=O) groups is 1. The average molecular weight is 561 g/mol. The summed E-state index contributed by atoms with van der Waals surface area (Å²) in [5, 5.41) is 5.33. The van der Waals surface area contributed by atoms with Gasteiger partial charge in [-0.05, 0) is 62.5 Å². The van der Waals surface area contributed by atoms with Crippen LogP contribution in [0.2, 0.25) is 0 Å². The molecule has 2 amide bonds. The van der Waals surface area contributed by atoms with E-state index < -0.39 is 17.9 Å². The fraction of sp³-hybridized carbons (Fsp3) is 0.300. The van der Waals surface area contributed by atoms with Gasteiger partial charge in [-0.3, -0.25) is 9.69 Å². The van der Waals surface area contributed by atoms with Crippen LogP contribution in [0.3, 0.4) is 0 Å². The van der Waals surface area contributed by atoms with Crippen molar-refractivity contribution in [1.82, 2.24) is 14.6 Å². The number of anilines is 2. The molecule has 0 spiro atoms. The fourth-order valence-electron chi connectivity index (χ4n) is 4.99. The normalized spacial score (nSPS) is 14.5. The second-order valence-electron chi connectivity index (χ2n) is 9.88. The van der Waals surface area contributed by atoms with Crippen LogP contribution >= 0.6 is 0 Å². The van der Waals surface area contributed by atoms with Crippen LogP contribution in [0.4, 0.5) is 20.6 Å². The zero-order valence-corrected chi connectivity index (χ0v) is 23.5. The zero-order chi connectivity index (χ0) is 29.1. The number of hydrogen-bond acceptors (Lipinski definition) is 7. The lowest BCUT2D eigenvalue weighted by atomic mass is 10.1. The van der Waals surface area contributed by atoms with E-state index in [0.29, 0.717) is 52.7 Å². The third-order valence-corrected chi connectivity index (χ3v) is 7.26. The number of nitrogens with one attached hydrogen (secondary N) is 1. The summed E-state index contributed by atoms with van der Waals surface area (Å²) >= 11 is 0. The smallest absolute Gasteiger partial charge is 0.327 e. The van der Waals surface area contributed by atoms with E-state index in [9.17, 15) is 14.0 Å². The Labute approximate surface area is 237 Å². The summed E-state index contributed by atoms with van der Waals surface area (Å²) in [7, 11) is 5.09. The molecule has 10 nitrogen and oxygen atoms in total. The largest absolute Gasteiger partial charge is 0.497 e. The molecule has 214 valence electrons. The number of fused-ring (bicyclic) bond motifs is 1. The fourth-order valence-corrected chi connectivity index (χ4v) is 4.99. The molecule has 0 radical (unpaired) electrons. The van der Waals surface area contributed by atoms with Crippen LogP contribution in [0, 0.1) is 5.82 Å². The predicted octanol–water partition coefficient (Wildman–Crippen LogP) is 4.24. The minimum absolute atomic E-state index is 0.206. The summed E-state index contributed by atoms with van der Waals surface area (Å²) < 4.78 is 26.2. The van der Waals surface area contributed by atoms with E-state index in [1.165, 1.54) is 36.3 Å². The van der Waals surface area contributed by atoms with Crippen LogP contribution < -0.4 is 30.3 Å². The molecule has 5 rings (SSSR count).